The smallest absolute Gasteiger partial charge is 0.341 e. The zero-order valence-electron chi connectivity index (χ0n) is 19.2. The fourth-order valence-electron chi connectivity index (χ4n) is 4.04. The topological polar surface area (TPSA) is 126 Å². The summed E-state index contributed by atoms with van der Waals surface area (Å²) in [5.74, 6) is 0.0837. The molecule has 0 saturated carbocycles. The number of carboxylic acid groups (broad SMARTS) is 1. The minimum atomic E-state index is -3.66. The molecule has 184 valence electrons. The summed E-state index contributed by atoms with van der Waals surface area (Å²) in [6.07, 6.45) is 5.01. The first-order chi connectivity index (χ1) is 17.4. The highest BCUT2D eigenvalue weighted by Crippen LogP contribution is 2.27. The van der Waals surface area contributed by atoms with Crippen LogP contribution in [0.1, 0.15) is 0 Å². The summed E-state index contributed by atoms with van der Waals surface area (Å²) in [6.45, 7) is 1.25. The van der Waals surface area contributed by atoms with Crippen LogP contribution in [0.15, 0.2) is 78.1 Å². The third-order valence-corrected chi connectivity index (χ3v) is 7.83. The van der Waals surface area contributed by atoms with Crippen LogP contribution in [-0.2, 0) is 14.8 Å². The first-order valence-corrected chi connectivity index (χ1v) is 12.7. The highest BCUT2D eigenvalue weighted by molar-refractivity contribution is 7.89. The van der Waals surface area contributed by atoms with Crippen LogP contribution in [0, 0.1) is 0 Å². The lowest BCUT2D eigenvalue weighted by atomic mass is 10.1. The number of sulfonamides is 1. The van der Waals surface area contributed by atoms with Gasteiger partial charge in [0.1, 0.15) is 17.1 Å². The number of carboxylic acids is 1. The van der Waals surface area contributed by atoms with E-state index in [0.29, 0.717) is 43.3 Å². The Labute approximate surface area is 207 Å². The summed E-state index contributed by atoms with van der Waals surface area (Å²) in [7, 11) is -3.66. The lowest BCUT2D eigenvalue weighted by Crippen LogP contribution is -2.48. The molecule has 2 aromatic heterocycles. The molecule has 1 N–H and O–H groups in total. The molecule has 0 unspecified atom stereocenters. The van der Waals surface area contributed by atoms with Crippen molar-refractivity contribution in [3.05, 3.63) is 73.2 Å². The van der Waals surface area contributed by atoms with Crippen molar-refractivity contribution in [3.63, 3.8) is 0 Å². The number of ether oxygens (including phenoxy) is 1. The van der Waals surface area contributed by atoms with Crippen molar-refractivity contribution in [2.75, 3.05) is 37.7 Å². The highest BCUT2D eigenvalue weighted by atomic mass is 32.2. The van der Waals surface area contributed by atoms with Gasteiger partial charge in [-0.05, 0) is 41.5 Å². The average molecular weight is 506 g/mol. The van der Waals surface area contributed by atoms with Crippen LogP contribution in [0.25, 0.3) is 22.2 Å². The van der Waals surface area contributed by atoms with Crippen LogP contribution >= 0.6 is 0 Å². The number of benzene rings is 2. The van der Waals surface area contributed by atoms with Crippen molar-refractivity contribution >= 4 is 32.8 Å². The number of piperazine rings is 1. The molecule has 4 aromatic rings. The number of fused-ring (bicyclic) bond motifs is 1. The van der Waals surface area contributed by atoms with E-state index in [9.17, 15) is 13.2 Å². The minimum Gasteiger partial charge on any atom is -0.482 e. The van der Waals surface area contributed by atoms with Crippen LogP contribution in [0.2, 0.25) is 0 Å². The quantitative estimate of drug-likeness (QED) is 0.403. The van der Waals surface area contributed by atoms with Crippen molar-refractivity contribution in [2.24, 2.45) is 0 Å². The Morgan fingerprint density at radius 3 is 2.47 bits per heavy atom. The summed E-state index contributed by atoms with van der Waals surface area (Å²) in [5, 5.41) is 8.79. The van der Waals surface area contributed by atoms with E-state index in [0.717, 1.165) is 16.6 Å². The molecular weight excluding hydrogens is 482 g/mol. The van der Waals surface area contributed by atoms with E-state index in [2.05, 4.69) is 15.0 Å². The van der Waals surface area contributed by atoms with Gasteiger partial charge in [0.15, 0.2) is 6.61 Å². The molecule has 0 atom stereocenters. The lowest BCUT2D eigenvalue weighted by molar-refractivity contribution is -0.139. The second-order valence-electron chi connectivity index (χ2n) is 8.22. The molecular formula is C25H23N5O5S. The Morgan fingerprint density at radius 1 is 0.944 bits per heavy atom. The van der Waals surface area contributed by atoms with E-state index in [1.54, 1.807) is 67.1 Å². The van der Waals surface area contributed by atoms with Gasteiger partial charge in [-0.2, -0.15) is 4.31 Å². The zero-order chi connectivity index (χ0) is 25.1. The Hall–Kier alpha value is -4.09. The Balaban J connectivity index is 1.26. The number of pyridine rings is 1. The van der Waals surface area contributed by atoms with Gasteiger partial charge in [0.05, 0.1) is 22.8 Å². The summed E-state index contributed by atoms with van der Waals surface area (Å²) in [5.41, 5.74) is 3.05. The van der Waals surface area contributed by atoms with Gasteiger partial charge in [0.25, 0.3) is 0 Å². The summed E-state index contributed by atoms with van der Waals surface area (Å²) in [6, 6.07) is 15.4. The summed E-state index contributed by atoms with van der Waals surface area (Å²) in [4.78, 5) is 26.0. The standard InChI is InChI=1S/C25H23N5O5S/c31-25(32)17-35-20-3-1-2-19(14-20)18-4-6-21(7-5-18)36(33,34)30-12-10-29(11-13-30)24-16-27-23-15-26-9-8-22(23)28-24/h1-9,14-16H,10-13,17H2,(H,31,32). The molecule has 1 aliphatic heterocycles. The number of rotatable bonds is 7. The summed E-state index contributed by atoms with van der Waals surface area (Å²) >= 11 is 0. The molecule has 5 rings (SSSR count). The first kappa shape index (κ1) is 23.6. The molecule has 10 nitrogen and oxygen atoms in total. The lowest BCUT2D eigenvalue weighted by Gasteiger charge is -2.34. The number of nitrogens with zero attached hydrogens (tertiary/aromatic N) is 5. The van der Waals surface area contributed by atoms with Crippen molar-refractivity contribution in [1.29, 1.82) is 0 Å². The number of hydrogen-bond acceptors (Lipinski definition) is 8. The zero-order valence-corrected chi connectivity index (χ0v) is 20.0. The normalized spacial score (nSPS) is 14.6. The Kier molecular flexibility index (Phi) is 6.49. The van der Waals surface area contributed by atoms with Crippen LogP contribution in [0.4, 0.5) is 5.82 Å². The molecule has 0 amide bonds. The third kappa shape index (κ3) is 4.97. The van der Waals surface area contributed by atoms with Gasteiger partial charge in [-0.15, -0.1) is 0 Å². The Morgan fingerprint density at radius 2 is 1.72 bits per heavy atom. The van der Waals surface area contributed by atoms with E-state index in [-0.39, 0.29) is 4.90 Å². The molecule has 2 aromatic carbocycles. The maximum Gasteiger partial charge on any atom is 0.341 e. The van der Waals surface area contributed by atoms with Crippen LogP contribution in [0.3, 0.4) is 0 Å². The van der Waals surface area contributed by atoms with Gasteiger partial charge in [-0.25, -0.2) is 23.2 Å². The van der Waals surface area contributed by atoms with E-state index in [4.69, 9.17) is 9.84 Å². The molecule has 11 heteroatoms. The molecule has 0 spiro atoms. The molecule has 3 heterocycles. The molecule has 0 bridgehead atoms. The van der Waals surface area contributed by atoms with Crippen LogP contribution < -0.4 is 9.64 Å². The van der Waals surface area contributed by atoms with Gasteiger partial charge in [0.2, 0.25) is 10.0 Å². The highest BCUT2D eigenvalue weighted by Gasteiger charge is 2.29. The fraction of sp³-hybridized carbons (Fsp3) is 0.200. The third-order valence-electron chi connectivity index (χ3n) is 5.92. The second kappa shape index (κ2) is 9.88. The average Bonchev–Trinajstić information content (AvgIpc) is 2.92. The van der Waals surface area contributed by atoms with E-state index < -0.39 is 22.6 Å². The van der Waals surface area contributed by atoms with Gasteiger partial charge in [-0.3, -0.25) is 4.98 Å². The van der Waals surface area contributed by atoms with Gasteiger partial charge in [-0.1, -0.05) is 24.3 Å². The second-order valence-corrected chi connectivity index (χ2v) is 10.2. The predicted octanol–water partition coefficient (Wildman–Crippen LogP) is 2.67. The summed E-state index contributed by atoms with van der Waals surface area (Å²) < 4.78 is 33.2. The molecule has 1 fully saturated rings. The van der Waals surface area contributed by atoms with Crippen molar-refractivity contribution in [2.45, 2.75) is 4.90 Å². The van der Waals surface area contributed by atoms with E-state index in [1.165, 1.54) is 4.31 Å². The van der Waals surface area contributed by atoms with Gasteiger partial charge in [0, 0.05) is 32.4 Å². The SMILES string of the molecule is O=C(O)COc1cccc(-c2ccc(S(=O)(=O)N3CCN(c4cnc5cnccc5n4)CC3)cc2)c1. The van der Waals surface area contributed by atoms with Crippen LogP contribution in [0.5, 0.6) is 5.75 Å². The number of aromatic nitrogens is 3. The molecule has 0 aliphatic carbocycles. The number of aliphatic carboxylic acids is 1. The minimum absolute atomic E-state index is 0.218. The van der Waals surface area contributed by atoms with Crippen molar-refractivity contribution in [1.82, 2.24) is 19.3 Å². The Bertz CT molecular complexity index is 1500. The predicted molar refractivity (Wildman–Crippen MR) is 133 cm³/mol. The maximum absolute atomic E-state index is 13.3. The van der Waals surface area contributed by atoms with Crippen molar-refractivity contribution < 1.29 is 23.1 Å². The monoisotopic (exact) mass is 505 g/mol. The van der Waals surface area contributed by atoms with Gasteiger partial charge < -0.3 is 14.7 Å². The van der Waals surface area contributed by atoms with E-state index in [1.807, 2.05) is 11.0 Å². The molecule has 36 heavy (non-hydrogen) atoms. The maximum atomic E-state index is 13.3. The van der Waals surface area contributed by atoms with E-state index >= 15 is 0 Å². The first-order valence-electron chi connectivity index (χ1n) is 11.3. The molecule has 1 aliphatic rings. The molecule has 0 radical (unpaired) electrons. The molecule has 1 saturated heterocycles. The van der Waals surface area contributed by atoms with Gasteiger partial charge >= 0.3 is 5.97 Å². The van der Waals surface area contributed by atoms with Crippen molar-refractivity contribution in [3.8, 4) is 16.9 Å². The number of anilines is 1. The fourth-order valence-corrected chi connectivity index (χ4v) is 5.46. The van der Waals surface area contributed by atoms with Crippen LogP contribution in [-0.4, -0.2) is 71.5 Å². The largest absolute Gasteiger partial charge is 0.482 e. The number of hydrogen-bond donors (Lipinski definition) is 1. The number of carbonyl (C=O) groups is 1.